The fourth-order valence-corrected chi connectivity index (χ4v) is 2.80. The van der Waals surface area contributed by atoms with Gasteiger partial charge in [-0.3, -0.25) is 4.79 Å². The van der Waals surface area contributed by atoms with Gasteiger partial charge in [0, 0.05) is 13.3 Å². The van der Waals surface area contributed by atoms with E-state index in [0.717, 1.165) is 32.1 Å². The fraction of sp³-hybridized carbons (Fsp3) is 0.786. The minimum Gasteiger partial charge on any atom is -0.460 e. The van der Waals surface area contributed by atoms with Gasteiger partial charge in [0.2, 0.25) is 0 Å². The number of rotatable bonds is 1. The van der Waals surface area contributed by atoms with E-state index in [1.54, 1.807) is 0 Å². The molecule has 0 spiro atoms. The topological polar surface area (TPSA) is 51.4 Å². The molecule has 2 fully saturated rings. The van der Waals surface area contributed by atoms with Gasteiger partial charge in [0.1, 0.15) is 12.2 Å². The molecule has 2 saturated heterocycles. The summed E-state index contributed by atoms with van der Waals surface area (Å²) in [6.45, 7) is 1.46. The standard InChI is InChI=1S/C14H20O4/c1-9(15)16-11-7-5-3-2-4-6-10-12(17-10)8-13-14(11)18-13/h2-3,10-14H,4-8H2,1H3/b3-2-/t10-,11-,12-,13-,14+/m0/s1. The van der Waals surface area contributed by atoms with Gasteiger partial charge < -0.3 is 14.2 Å². The van der Waals surface area contributed by atoms with Crippen molar-refractivity contribution in [3.05, 3.63) is 12.2 Å². The third-order valence-electron chi connectivity index (χ3n) is 3.86. The zero-order valence-corrected chi connectivity index (χ0v) is 10.7. The van der Waals surface area contributed by atoms with E-state index in [-0.39, 0.29) is 24.3 Å². The molecule has 0 radical (unpaired) electrons. The van der Waals surface area contributed by atoms with Crippen molar-refractivity contribution < 1.29 is 19.0 Å². The van der Waals surface area contributed by atoms with Crippen molar-refractivity contribution in [2.45, 2.75) is 69.5 Å². The van der Waals surface area contributed by atoms with Crippen LogP contribution in [0.4, 0.5) is 0 Å². The molecule has 5 atom stereocenters. The van der Waals surface area contributed by atoms with Crippen LogP contribution in [0.15, 0.2) is 12.2 Å². The molecule has 0 bridgehead atoms. The molecule has 0 saturated carbocycles. The van der Waals surface area contributed by atoms with Crippen molar-refractivity contribution in [2.24, 2.45) is 0 Å². The van der Waals surface area contributed by atoms with Crippen LogP contribution < -0.4 is 0 Å². The number of carbonyl (C=O) groups excluding carboxylic acids is 1. The maximum absolute atomic E-state index is 11.1. The lowest BCUT2D eigenvalue weighted by molar-refractivity contribution is -0.147. The number of allylic oxidation sites excluding steroid dienone is 2. The summed E-state index contributed by atoms with van der Waals surface area (Å²) in [7, 11) is 0. The summed E-state index contributed by atoms with van der Waals surface area (Å²) in [4.78, 5) is 11.1. The number of esters is 1. The van der Waals surface area contributed by atoms with Gasteiger partial charge in [0.15, 0.2) is 0 Å². The highest BCUT2D eigenvalue weighted by molar-refractivity contribution is 5.66. The highest BCUT2D eigenvalue weighted by Crippen LogP contribution is 2.40. The van der Waals surface area contributed by atoms with E-state index >= 15 is 0 Å². The van der Waals surface area contributed by atoms with Crippen LogP contribution in [-0.2, 0) is 19.0 Å². The molecule has 0 amide bonds. The second-order valence-electron chi connectivity index (χ2n) is 5.36. The van der Waals surface area contributed by atoms with E-state index in [0.29, 0.717) is 12.2 Å². The van der Waals surface area contributed by atoms with Crippen LogP contribution in [0.3, 0.4) is 0 Å². The summed E-state index contributed by atoms with van der Waals surface area (Å²) >= 11 is 0. The fourth-order valence-electron chi connectivity index (χ4n) is 2.80. The monoisotopic (exact) mass is 252 g/mol. The van der Waals surface area contributed by atoms with Crippen LogP contribution in [0.1, 0.15) is 39.0 Å². The highest BCUT2D eigenvalue weighted by atomic mass is 16.6. The van der Waals surface area contributed by atoms with Gasteiger partial charge in [-0.1, -0.05) is 12.2 Å². The molecule has 1 aliphatic carbocycles. The van der Waals surface area contributed by atoms with Crippen LogP contribution in [0.25, 0.3) is 0 Å². The summed E-state index contributed by atoms with van der Waals surface area (Å²) in [5.41, 5.74) is 0. The van der Waals surface area contributed by atoms with Crippen molar-refractivity contribution in [1.29, 1.82) is 0 Å². The van der Waals surface area contributed by atoms with Crippen LogP contribution in [0.5, 0.6) is 0 Å². The summed E-state index contributed by atoms with van der Waals surface area (Å²) < 4.78 is 16.6. The molecule has 18 heavy (non-hydrogen) atoms. The molecular formula is C14H20O4. The van der Waals surface area contributed by atoms with Crippen molar-refractivity contribution in [2.75, 3.05) is 0 Å². The molecule has 3 aliphatic rings. The molecule has 2 heterocycles. The van der Waals surface area contributed by atoms with E-state index in [4.69, 9.17) is 14.2 Å². The van der Waals surface area contributed by atoms with Crippen LogP contribution in [-0.4, -0.2) is 36.5 Å². The number of fused-ring (bicyclic) bond motifs is 2. The summed E-state index contributed by atoms with van der Waals surface area (Å²) in [6.07, 6.45) is 10.3. The minimum atomic E-state index is -0.217. The molecule has 0 N–H and O–H groups in total. The predicted octanol–water partition coefficient (Wildman–Crippen LogP) is 1.97. The smallest absolute Gasteiger partial charge is 0.302 e. The average molecular weight is 252 g/mol. The average Bonchev–Trinajstić information content (AvgIpc) is 3.19. The van der Waals surface area contributed by atoms with Crippen molar-refractivity contribution >= 4 is 5.97 Å². The Morgan fingerprint density at radius 2 is 1.89 bits per heavy atom. The highest BCUT2D eigenvalue weighted by Gasteiger charge is 2.51. The van der Waals surface area contributed by atoms with E-state index < -0.39 is 0 Å². The first-order valence-corrected chi connectivity index (χ1v) is 6.87. The van der Waals surface area contributed by atoms with Gasteiger partial charge >= 0.3 is 5.97 Å². The SMILES string of the molecule is CC(=O)O[C@H]1CC/C=C\CC[C@@H]2O[C@H]2C[C@@H]2O[C@H]12. The van der Waals surface area contributed by atoms with Crippen LogP contribution in [0, 0.1) is 0 Å². The number of hydrogen-bond donors (Lipinski definition) is 0. The van der Waals surface area contributed by atoms with E-state index in [2.05, 4.69) is 12.2 Å². The Morgan fingerprint density at radius 1 is 1.11 bits per heavy atom. The summed E-state index contributed by atoms with van der Waals surface area (Å²) in [6, 6.07) is 0. The third kappa shape index (κ3) is 2.93. The lowest BCUT2D eigenvalue weighted by Gasteiger charge is -2.14. The van der Waals surface area contributed by atoms with Gasteiger partial charge in [-0.25, -0.2) is 0 Å². The Balaban J connectivity index is 1.60. The molecular weight excluding hydrogens is 232 g/mol. The van der Waals surface area contributed by atoms with Gasteiger partial charge in [-0.15, -0.1) is 0 Å². The van der Waals surface area contributed by atoms with Gasteiger partial charge in [0.05, 0.1) is 18.3 Å². The Morgan fingerprint density at radius 3 is 2.67 bits per heavy atom. The second kappa shape index (κ2) is 5.02. The maximum atomic E-state index is 11.1. The number of ether oxygens (including phenoxy) is 3. The Bertz CT molecular complexity index is 352. The van der Waals surface area contributed by atoms with Crippen molar-refractivity contribution in [1.82, 2.24) is 0 Å². The van der Waals surface area contributed by atoms with Crippen molar-refractivity contribution in [3.63, 3.8) is 0 Å². The first kappa shape index (κ1) is 12.2. The molecule has 4 heteroatoms. The molecule has 0 aromatic heterocycles. The van der Waals surface area contributed by atoms with E-state index in [1.165, 1.54) is 6.92 Å². The Kier molecular flexibility index (Phi) is 3.39. The number of epoxide rings is 2. The van der Waals surface area contributed by atoms with E-state index in [1.807, 2.05) is 0 Å². The second-order valence-corrected chi connectivity index (χ2v) is 5.36. The normalized spacial score (nSPS) is 44.6. The lowest BCUT2D eigenvalue weighted by Crippen LogP contribution is -2.24. The Labute approximate surface area is 107 Å². The first-order chi connectivity index (χ1) is 8.74. The summed E-state index contributed by atoms with van der Waals surface area (Å²) in [5.74, 6) is -0.217. The summed E-state index contributed by atoms with van der Waals surface area (Å²) in [5, 5.41) is 0. The van der Waals surface area contributed by atoms with Gasteiger partial charge in [-0.2, -0.15) is 0 Å². The zero-order valence-electron chi connectivity index (χ0n) is 10.7. The molecule has 4 nitrogen and oxygen atoms in total. The zero-order chi connectivity index (χ0) is 12.5. The van der Waals surface area contributed by atoms with Crippen molar-refractivity contribution in [3.8, 4) is 0 Å². The van der Waals surface area contributed by atoms with Crippen LogP contribution >= 0.6 is 0 Å². The molecule has 2 aliphatic heterocycles. The predicted molar refractivity (Wildman–Crippen MR) is 65.1 cm³/mol. The van der Waals surface area contributed by atoms with Crippen LogP contribution in [0.2, 0.25) is 0 Å². The number of hydrogen-bond acceptors (Lipinski definition) is 4. The lowest BCUT2D eigenvalue weighted by atomic mass is 10.0. The van der Waals surface area contributed by atoms with Gasteiger partial charge in [-0.05, 0) is 25.7 Å². The molecule has 100 valence electrons. The molecule has 0 aromatic rings. The third-order valence-corrected chi connectivity index (χ3v) is 3.86. The molecule has 0 aromatic carbocycles. The number of carbonyl (C=O) groups is 1. The minimum absolute atomic E-state index is 0.0891. The quantitative estimate of drug-likeness (QED) is 0.407. The van der Waals surface area contributed by atoms with E-state index in [9.17, 15) is 4.79 Å². The molecule has 0 unspecified atom stereocenters. The Hall–Kier alpha value is -0.870. The largest absolute Gasteiger partial charge is 0.460 e. The molecule has 3 rings (SSSR count). The maximum Gasteiger partial charge on any atom is 0.302 e. The van der Waals surface area contributed by atoms with Gasteiger partial charge in [0.25, 0.3) is 0 Å². The first-order valence-electron chi connectivity index (χ1n) is 6.87.